The van der Waals surface area contributed by atoms with Gasteiger partial charge in [-0.1, -0.05) is 15.9 Å². The van der Waals surface area contributed by atoms with E-state index >= 15 is 0 Å². The second kappa shape index (κ2) is 6.81. The maximum absolute atomic E-state index is 12.3. The molecule has 1 fully saturated rings. The first-order chi connectivity index (χ1) is 7.51. The fourth-order valence-electron chi connectivity index (χ4n) is 1.93. The quantitative estimate of drug-likeness (QED) is 0.695. The van der Waals surface area contributed by atoms with Gasteiger partial charge in [0, 0.05) is 25.0 Å². The molecule has 0 bridgehead atoms. The van der Waals surface area contributed by atoms with Gasteiger partial charge in [0.1, 0.15) is 0 Å². The molecule has 0 aromatic carbocycles. The topological polar surface area (TPSA) is 6.48 Å². The Morgan fingerprint density at radius 3 is 2.25 bits per heavy atom. The lowest BCUT2D eigenvalue weighted by atomic mass is 10.4. The second-order valence-corrected chi connectivity index (χ2v) is 4.92. The molecule has 0 radical (unpaired) electrons. The largest absolute Gasteiger partial charge is 0.401 e. The van der Waals surface area contributed by atoms with E-state index in [1.807, 2.05) is 0 Å². The van der Waals surface area contributed by atoms with E-state index in [9.17, 15) is 13.2 Å². The van der Waals surface area contributed by atoms with Crippen molar-refractivity contribution in [3.63, 3.8) is 0 Å². The molecule has 0 N–H and O–H groups in total. The fraction of sp³-hybridized carbons (Fsp3) is 1.00. The van der Waals surface area contributed by atoms with Crippen molar-refractivity contribution in [3.8, 4) is 0 Å². The molecular weight excluding hydrogens is 285 g/mol. The first kappa shape index (κ1) is 14.3. The van der Waals surface area contributed by atoms with Gasteiger partial charge in [0.2, 0.25) is 0 Å². The SMILES string of the molecule is FC(F)(F)CN(CCBr)CCN1CCCC1. The molecule has 1 rings (SSSR count). The van der Waals surface area contributed by atoms with Crippen LogP contribution in [0.3, 0.4) is 0 Å². The van der Waals surface area contributed by atoms with Crippen LogP contribution in [-0.2, 0) is 0 Å². The Morgan fingerprint density at radius 2 is 1.75 bits per heavy atom. The van der Waals surface area contributed by atoms with Gasteiger partial charge >= 0.3 is 6.18 Å². The molecule has 1 saturated heterocycles. The van der Waals surface area contributed by atoms with Crippen molar-refractivity contribution in [2.75, 3.05) is 44.6 Å². The maximum atomic E-state index is 12.3. The predicted octanol–water partition coefficient (Wildman–Crippen LogP) is 2.34. The van der Waals surface area contributed by atoms with E-state index in [0.717, 1.165) is 19.6 Å². The Balaban J connectivity index is 2.26. The summed E-state index contributed by atoms with van der Waals surface area (Å²) in [5.74, 6) is 0. The molecule has 0 amide bonds. The summed E-state index contributed by atoms with van der Waals surface area (Å²) in [5, 5.41) is 0.586. The highest BCUT2D eigenvalue weighted by Crippen LogP contribution is 2.16. The average molecular weight is 303 g/mol. The van der Waals surface area contributed by atoms with Gasteiger partial charge in [0.05, 0.1) is 6.54 Å². The molecule has 0 aromatic heterocycles. The lowest BCUT2D eigenvalue weighted by Crippen LogP contribution is -2.40. The zero-order valence-corrected chi connectivity index (χ0v) is 10.9. The lowest BCUT2D eigenvalue weighted by Gasteiger charge is -2.25. The summed E-state index contributed by atoms with van der Waals surface area (Å²) in [7, 11) is 0. The van der Waals surface area contributed by atoms with Crippen LogP contribution in [0, 0.1) is 0 Å². The minimum Gasteiger partial charge on any atom is -0.302 e. The highest BCUT2D eigenvalue weighted by molar-refractivity contribution is 9.09. The lowest BCUT2D eigenvalue weighted by molar-refractivity contribution is -0.145. The smallest absolute Gasteiger partial charge is 0.302 e. The van der Waals surface area contributed by atoms with Gasteiger partial charge < -0.3 is 4.90 Å². The molecule has 96 valence electrons. The van der Waals surface area contributed by atoms with E-state index in [1.165, 1.54) is 17.7 Å². The number of likely N-dealkylation sites (tertiary alicyclic amines) is 1. The van der Waals surface area contributed by atoms with Gasteiger partial charge in [-0.2, -0.15) is 13.2 Å². The maximum Gasteiger partial charge on any atom is 0.401 e. The van der Waals surface area contributed by atoms with E-state index in [0.29, 0.717) is 18.4 Å². The summed E-state index contributed by atoms with van der Waals surface area (Å²) in [6.07, 6.45) is -1.73. The Morgan fingerprint density at radius 1 is 1.12 bits per heavy atom. The normalized spacial score (nSPS) is 18.6. The molecule has 16 heavy (non-hydrogen) atoms. The molecule has 0 atom stereocenters. The molecule has 0 aromatic rings. The van der Waals surface area contributed by atoms with Crippen LogP contribution in [-0.4, -0.2) is 60.6 Å². The van der Waals surface area contributed by atoms with Crippen molar-refractivity contribution in [1.29, 1.82) is 0 Å². The van der Waals surface area contributed by atoms with Crippen molar-refractivity contribution >= 4 is 15.9 Å². The number of hydrogen-bond acceptors (Lipinski definition) is 2. The summed E-state index contributed by atoms with van der Waals surface area (Å²) in [5.41, 5.74) is 0. The molecule has 2 nitrogen and oxygen atoms in total. The Bertz CT molecular complexity index is 193. The number of halogens is 4. The van der Waals surface area contributed by atoms with Crippen LogP contribution in [0.2, 0.25) is 0 Å². The number of alkyl halides is 4. The van der Waals surface area contributed by atoms with Crippen LogP contribution < -0.4 is 0 Å². The molecule has 1 aliphatic heterocycles. The molecule has 1 aliphatic rings. The van der Waals surface area contributed by atoms with E-state index in [4.69, 9.17) is 0 Å². The van der Waals surface area contributed by atoms with Crippen LogP contribution in [0.4, 0.5) is 13.2 Å². The average Bonchev–Trinajstić information content (AvgIpc) is 2.64. The van der Waals surface area contributed by atoms with E-state index in [1.54, 1.807) is 0 Å². The van der Waals surface area contributed by atoms with E-state index in [-0.39, 0.29) is 0 Å². The molecule has 1 heterocycles. The summed E-state index contributed by atoms with van der Waals surface area (Å²) >= 11 is 3.19. The first-order valence-electron chi connectivity index (χ1n) is 5.59. The van der Waals surface area contributed by atoms with Crippen molar-refractivity contribution in [2.24, 2.45) is 0 Å². The number of hydrogen-bond donors (Lipinski definition) is 0. The van der Waals surface area contributed by atoms with Gasteiger partial charge in [0.25, 0.3) is 0 Å². The summed E-state index contributed by atoms with van der Waals surface area (Å²) < 4.78 is 36.8. The third-order valence-electron chi connectivity index (χ3n) is 2.73. The van der Waals surface area contributed by atoms with Crippen molar-refractivity contribution in [2.45, 2.75) is 19.0 Å². The van der Waals surface area contributed by atoms with Crippen LogP contribution >= 0.6 is 15.9 Å². The predicted molar refractivity (Wildman–Crippen MR) is 62.0 cm³/mol. The summed E-state index contributed by atoms with van der Waals surface area (Å²) in [6.45, 7) is 2.98. The van der Waals surface area contributed by atoms with Gasteiger partial charge in [-0.25, -0.2) is 0 Å². The minimum absolute atomic E-state index is 0.452. The van der Waals surface area contributed by atoms with Gasteiger partial charge in [-0.15, -0.1) is 0 Å². The van der Waals surface area contributed by atoms with Crippen LogP contribution in [0.1, 0.15) is 12.8 Å². The third kappa shape index (κ3) is 6.06. The van der Waals surface area contributed by atoms with Crippen molar-refractivity contribution < 1.29 is 13.2 Å². The number of nitrogens with zero attached hydrogens (tertiary/aromatic N) is 2. The Kier molecular flexibility index (Phi) is 6.07. The van der Waals surface area contributed by atoms with E-state index in [2.05, 4.69) is 20.8 Å². The van der Waals surface area contributed by atoms with Crippen molar-refractivity contribution in [3.05, 3.63) is 0 Å². The van der Waals surface area contributed by atoms with Crippen LogP contribution in [0.25, 0.3) is 0 Å². The number of rotatable bonds is 6. The van der Waals surface area contributed by atoms with Crippen LogP contribution in [0.5, 0.6) is 0 Å². The first-order valence-corrected chi connectivity index (χ1v) is 6.71. The van der Waals surface area contributed by atoms with Crippen LogP contribution in [0.15, 0.2) is 0 Å². The monoisotopic (exact) mass is 302 g/mol. The zero-order chi connectivity index (χ0) is 12.0. The summed E-state index contributed by atoms with van der Waals surface area (Å²) in [6, 6.07) is 0. The van der Waals surface area contributed by atoms with Gasteiger partial charge in [-0.05, 0) is 25.9 Å². The summed E-state index contributed by atoms with van der Waals surface area (Å²) in [4.78, 5) is 3.70. The van der Waals surface area contributed by atoms with Gasteiger partial charge in [0.15, 0.2) is 0 Å². The molecule has 0 unspecified atom stereocenters. The van der Waals surface area contributed by atoms with Crippen molar-refractivity contribution in [1.82, 2.24) is 9.80 Å². The van der Waals surface area contributed by atoms with Gasteiger partial charge in [-0.3, -0.25) is 4.90 Å². The fourth-order valence-corrected chi connectivity index (χ4v) is 2.43. The minimum atomic E-state index is -4.09. The standard InChI is InChI=1S/C10H18BrF3N2/c11-3-6-16(9-10(12,13)14)8-7-15-4-1-2-5-15/h1-9H2. The second-order valence-electron chi connectivity index (χ2n) is 4.13. The van der Waals surface area contributed by atoms with E-state index < -0.39 is 12.7 Å². The molecule has 6 heteroatoms. The highest BCUT2D eigenvalue weighted by atomic mass is 79.9. The zero-order valence-electron chi connectivity index (χ0n) is 9.27. The Hall–Kier alpha value is 0.190. The molecule has 0 spiro atoms. The molecule has 0 saturated carbocycles. The molecular formula is C10H18BrF3N2. The molecule has 0 aliphatic carbocycles. The third-order valence-corrected chi connectivity index (χ3v) is 3.09. The highest BCUT2D eigenvalue weighted by Gasteiger charge is 2.30. The Labute approximate surface area is 103 Å².